The number of benzene rings is 1. The molecule has 0 saturated carbocycles. The smallest absolute Gasteiger partial charge is 0.226 e. The molecule has 0 N–H and O–H groups in total. The zero-order valence-corrected chi connectivity index (χ0v) is 11.6. The summed E-state index contributed by atoms with van der Waals surface area (Å²) in [7, 11) is 0. The Bertz CT molecular complexity index is 561. The van der Waals surface area contributed by atoms with Crippen LogP contribution in [0.1, 0.15) is 31.0 Å². The predicted molar refractivity (Wildman–Crippen MR) is 75.8 cm³/mol. The number of rotatable bonds is 3. The van der Waals surface area contributed by atoms with Gasteiger partial charge in [-0.25, -0.2) is 4.98 Å². The van der Waals surface area contributed by atoms with Crippen LogP contribution in [0.25, 0.3) is 11.5 Å². The van der Waals surface area contributed by atoms with Crippen LogP contribution in [0.5, 0.6) is 0 Å². The number of hydrogen-bond donors (Lipinski definition) is 0. The van der Waals surface area contributed by atoms with Gasteiger partial charge in [-0.15, -0.1) is 0 Å². The van der Waals surface area contributed by atoms with E-state index in [9.17, 15) is 0 Å². The molecule has 1 fully saturated rings. The molecule has 0 aliphatic carbocycles. The van der Waals surface area contributed by atoms with Gasteiger partial charge in [-0.3, -0.25) is 4.90 Å². The minimum atomic E-state index is 0.665. The molecular formula is C16H20N2O. The van der Waals surface area contributed by atoms with Gasteiger partial charge in [0.05, 0.1) is 5.69 Å². The van der Waals surface area contributed by atoms with E-state index in [1.54, 1.807) is 6.26 Å². The van der Waals surface area contributed by atoms with Crippen molar-refractivity contribution in [2.45, 2.75) is 39.3 Å². The van der Waals surface area contributed by atoms with Gasteiger partial charge >= 0.3 is 0 Å². The zero-order chi connectivity index (χ0) is 13.2. The third kappa shape index (κ3) is 2.56. The topological polar surface area (TPSA) is 29.3 Å². The summed E-state index contributed by atoms with van der Waals surface area (Å²) in [5.41, 5.74) is 3.32. The first-order valence-electron chi connectivity index (χ1n) is 6.98. The van der Waals surface area contributed by atoms with Gasteiger partial charge in [-0.1, -0.05) is 18.2 Å². The Balaban J connectivity index is 1.78. The van der Waals surface area contributed by atoms with E-state index in [1.165, 1.54) is 24.9 Å². The fourth-order valence-corrected chi connectivity index (χ4v) is 2.75. The Hall–Kier alpha value is -1.61. The fourth-order valence-electron chi connectivity index (χ4n) is 2.75. The molecule has 2 heterocycles. The molecule has 100 valence electrons. The lowest BCUT2D eigenvalue weighted by Gasteiger charge is -2.18. The molecule has 0 spiro atoms. The van der Waals surface area contributed by atoms with E-state index in [0.717, 1.165) is 23.7 Å². The summed E-state index contributed by atoms with van der Waals surface area (Å²) >= 11 is 0. The van der Waals surface area contributed by atoms with Crippen LogP contribution in [0.3, 0.4) is 0 Å². The first kappa shape index (κ1) is 12.4. The fraction of sp³-hybridized carbons (Fsp3) is 0.438. The van der Waals surface area contributed by atoms with Crippen molar-refractivity contribution in [2.75, 3.05) is 6.54 Å². The van der Waals surface area contributed by atoms with Crippen molar-refractivity contribution >= 4 is 0 Å². The normalized spacial score (nSPS) is 20.0. The number of aryl methyl sites for hydroxylation is 1. The van der Waals surface area contributed by atoms with E-state index in [-0.39, 0.29) is 0 Å². The maximum Gasteiger partial charge on any atom is 0.226 e. The Kier molecular flexibility index (Phi) is 3.38. The largest absolute Gasteiger partial charge is 0.444 e. The maximum absolute atomic E-state index is 5.64. The standard InChI is InChI=1S/C16H20N2O/c1-12-6-3-4-8-15(12)16-17-14(11-19-16)10-18-9-5-7-13(18)2/h3-4,6,8,11,13H,5,7,9-10H2,1-2H3. The molecule has 3 rings (SSSR count). The highest BCUT2D eigenvalue weighted by atomic mass is 16.3. The van der Waals surface area contributed by atoms with Gasteiger partial charge in [0, 0.05) is 18.2 Å². The van der Waals surface area contributed by atoms with Crippen LogP contribution in [0.4, 0.5) is 0 Å². The SMILES string of the molecule is Cc1ccccc1-c1nc(CN2CCCC2C)co1. The molecule has 1 aliphatic heterocycles. The molecule has 1 unspecified atom stereocenters. The van der Waals surface area contributed by atoms with Crippen LogP contribution in [0, 0.1) is 6.92 Å². The molecule has 0 amide bonds. The predicted octanol–water partition coefficient (Wildman–Crippen LogP) is 3.63. The number of aromatic nitrogens is 1. The van der Waals surface area contributed by atoms with Crippen molar-refractivity contribution in [3.63, 3.8) is 0 Å². The Morgan fingerprint density at radius 3 is 2.95 bits per heavy atom. The van der Waals surface area contributed by atoms with E-state index in [1.807, 2.05) is 12.1 Å². The van der Waals surface area contributed by atoms with Crippen molar-refractivity contribution in [2.24, 2.45) is 0 Å². The molecule has 3 heteroatoms. The van der Waals surface area contributed by atoms with Gasteiger partial charge in [-0.05, 0) is 44.9 Å². The van der Waals surface area contributed by atoms with Crippen LogP contribution >= 0.6 is 0 Å². The second kappa shape index (κ2) is 5.17. The van der Waals surface area contributed by atoms with Crippen LogP contribution in [-0.2, 0) is 6.54 Å². The molecule has 1 atom stereocenters. The summed E-state index contributed by atoms with van der Waals surface area (Å²) in [5.74, 6) is 0.736. The highest BCUT2D eigenvalue weighted by Crippen LogP contribution is 2.24. The van der Waals surface area contributed by atoms with Crippen LogP contribution in [0.15, 0.2) is 34.9 Å². The molecule has 1 saturated heterocycles. The van der Waals surface area contributed by atoms with Gasteiger partial charge in [-0.2, -0.15) is 0 Å². The summed E-state index contributed by atoms with van der Waals surface area (Å²) in [5, 5.41) is 0. The summed E-state index contributed by atoms with van der Waals surface area (Å²) in [4.78, 5) is 7.10. The lowest BCUT2D eigenvalue weighted by Crippen LogP contribution is -2.26. The maximum atomic E-state index is 5.64. The third-order valence-electron chi connectivity index (χ3n) is 3.98. The molecular weight excluding hydrogens is 236 g/mol. The summed E-state index contributed by atoms with van der Waals surface area (Å²) in [6.07, 6.45) is 4.39. The van der Waals surface area contributed by atoms with Crippen LogP contribution < -0.4 is 0 Å². The summed E-state index contributed by atoms with van der Waals surface area (Å²) in [6.45, 7) is 6.45. The molecule has 2 aromatic rings. The second-order valence-electron chi connectivity index (χ2n) is 5.42. The Labute approximate surface area is 114 Å². The molecule has 0 bridgehead atoms. The number of nitrogens with zero attached hydrogens (tertiary/aromatic N) is 2. The van der Waals surface area contributed by atoms with E-state index >= 15 is 0 Å². The third-order valence-corrected chi connectivity index (χ3v) is 3.98. The molecule has 1 aromatic carbocycles. The van der Waals surface area contributed by atoms with Gasteiger partial charge in [0.25, 0.3) is 0 Å². The van der Waals surface area contributed by atoms with E-state index in [0.29, 0.717) is 6.04 Å². The minimum Gasteiger partial charge on any atom is -0.444 e. The second-order valence-corrected chi connectivity index (χ2v) is 5.42. The van der Waals surface area contributed by atoms with Crippen molar-refractivity contribution in [3.8, 4) is 11.5 Å². The van der Waals surface area contributed by atoms with Crippen molar-refractivity contribution in [1.82, 2.24) is 9.88 Å². The van der Waals surface area contributed by atoms with Gasteiger partial charge in [0.1, 0.15) is 6.26 Å². The highest BCUT2D eigenvalue weighted by Gasteiger charge is 2.21. The van der Waals surface area contributed by atoms with E-state index in [4.69, 9.17) is 4.42 Å². The quantitative estimate of drug-likeness (QED) is 0.839. The summed E-state index contributed by atoms with van der Waals surface area (Å²) < 4.78 is 5.64. The first-order valence-corrected chi connectivity index (χ1v) is 6.98. The highest BCUT2D eigenvalue weighted by molar-refractivity contribution is 5.58. The van der Waals surface area contributed by atoms with E-state index in [2.05, 4.69) is 35.9 Å². The lowest BCUT2D eigenvalue weighted by molar-refractivity contribution is 0.257. The van der Waals surface area contributed by atoms with Crippen LogP contribution in [0.2, 0.25) is 0 Å². The molecule has 0 radical (unpaired) electrons. The monoisotopic (exact) mass is 256 g/mol. The van der Waals surface area contributed by atoms with Gasteiger partial charge in [0.2, 0.25) is 5.89 Å². The molecule has 1 aliphatic rings. The Morgan fingerprint density at radius 1 is 1.37 bits per heavy atom. The molecule has 19 heavy (non-hydrogen) atoms. The number of oxazole rings is 1. The number of hydrogen-bond acceptors (Lipinski definition) is 3. The van der Waals surface area contributed by atoms with Gasteiger partial charge < -0.3 is 4.42 Å². The molecule has 3 nitrogen and oxygen atoms in total. The Morgan fingerprint density at radius 2 is 2.21 bits per heavy atom. The average Bonchev–Trinajstić information content (AvgIpc) is 3.01. The van der Waals surface area contributed by atoms with Crippen molar-refractivity contribution in [3.05, 3.63) is 41.8 Å². The van der Waals surface area contributed by atoms with E-state index < -0.39 is 0 Å². The zero-order valence-electron chi connectivity index (χ0n) is 11.6. The van der Waals surface area contributed by atoms with Crippen LogP contribution in [-0.4, -0.2) is 22.5 Å². The lowest BCUT2D eigenvalue weighted by atomic mass is 10.1. The average molecular weight is 256 g/mol. The summed E-state index contributed by atoms with van der Waals surface area (Å²) in [6, 6.07) is 8.87. The molecule has 1 aromatic heterocycles. The van der Waals surface area contributed by atoms with Crippen molar-refractivity contribution in [1.29, 1.82) is 0 Å². The first-order chi connectivity index (χ1) is 9.24. The minimum absolute atomic E-state index is 0.665. The van der Waals surface area contributed by atoms with Gasteiger partial charge in [0.15, 0.2) is 0 Å². The number of likely N-dealkylation sites (tertiary alicyclic amines) is 1. The van der Waals surface area contributed by atoms with Crippen molar-refractivity contribution < 1.29 is 4.42 Å².